The van der Waals surface area contributed by atoms with E-state index in [9.17, 15) is 4.79 Å². The zero-order chi connectivity index (χ0) is 14.9. The number of carbonyl (C=O) groups excluding carboxylic acids is 1. The Bertz CT molecular complexity index is 581. The molecule has 5 heteroatoms. The molecule has 0 saturated heterocycles. The van der Waals surface area contributed by atoms with Crippen LogP contribution < -0.4 is 10.6 Å². The number of hydrogen-bond donors (Lipinski definition) is 2. The lowest BCUT2D eigenvalue weighted by Crippen LogP contribution is -2.36. The van der Waals surface area contributed by atoms with Crippen molar-refractivity contribution in [2.45, 2.75) is 6.42 Å². The van der Waals surface area contributed by atoms with Gasteiger partial charge in [-0.2, -0.15) is 0 Å². The number of aromatic nitrogens is 2. The summed E-state index contributed by atoms with van der Waals surface area (Å²) < 4.78 is 0. The second kappa shape index (κ2) is 7.79. The van der Waals surface area contributed by atoms with Crippen LogP contribution in [0.3, 0.4) is 0 Å². The number of carbonyl (C=O) groups is 1. The van der Waals surface area contributed by atoms with Crippen molar-refractivity contribution in [1.29, 1.82) is 0 Å². The SMILES string of the molecule is C=CCNC(=O)NCCc1cnc(-c2ccccc2)nc1. The highest BCUT2D eigenvalue weighted by Crippen LogP contribution is 2.13. The molecule has 5 nitrogen and oxygen atoms in total. The minimum Gasteiger partial charge on any atom is -0.338 e. The molecule has 0 aliphatic rings. The predicted molar refractivity (Wildman–Crippen MR) is 82.8 cm³/mol. The van der Waals surface area contributed by atoms with Crippen LogP contribution in [0.2, 0.25) is 0 Å². The molecule has 1 heterocycles. The van der Waals surface area contributed by atoms with Gasteiger partial charge in [0.25, 0.3) is 0 Å². The molecular weight excluding hydrogens is 264 g/mol. The molecule has 0 aliphatic heterocycles. The molecule has 0 unspecified atom stereocenters. The van der Waals surface area contributed by atoms with Gasteiger partial charge in [-0.1, -0.05) is 36.4 Å². The predicted octanol–water partition coefficient (Wildman–Crippen LogP) is 2.17. The van der Waals surface area contributed by atoms with Gasteiger partial charge in [0.05, 0.1) is 0 Å². The second-order valence-electron chi connectivity index (χ2n) is 4.46. The lowest BCUT2D eigenvalue weighted by Gasteiger charge is -2.06. The van der Waals surface area contributed by atoms with Crippen molar-refractivity contribution >= 4 is 6.03 Å². The lowest BCUT2D eigenvalue weighted by atomic mass is 10.2. The molecule has 21 heavy (non-hydrogen) atoms. The first-order valence-electron chi connectivity index (χ1n) is 6.78. The zero-order valence-electron chi connectivity index (χ0n) is 11.7. The molecule has 0 atom stereocenters. The number of benzene rings is 1. The van der Waals surface area contributed by atoms with Gasteiger partial charge >= 0.3 is 6.03 Å². The normalized spacial score (nSPS) is 9.90. The molecule has 2 amide bonds. The standard InChI is InChI=1S/C16H18N4O/c1-2-9-17-16(21)18-10-8-13-11-19-15(20-12-13)14-6-4-3-5-7-14/h2-7,11-12H,1,8-10H2,(H2,17,18,21). The van der Waals surface area contributed by atoms with Gasteiger partial charge in [-0.3, -0.25) is 0 Å². The van der Waals surface area contributed by atoms with Gasteiger partial charge in [-0.25, -0.2) is 14.8 Å². The van der Waals surface area contributed by atoms with E-state index >= 15 is 0 Å². The highest BCUT2D eigenvalue weighted by Gasteiger charge is 2.02. The van der Waals surface area contributed by atoms with Crippen molar-refractivity contribution in [3.05, 3.63) is 60.9 Å². The summed E-state index contributed by atoms with van der Waals surface area (Å²) in [6, 6.07) is 9.62. The maximum atomic E-state index is 11.3. The van der Waals surface area contributed by atoms with E-state index in [0.29, 0.717) is 25.3 Å². The fourth-order valence-corrected chi connectivity index (χ4v) is 1.77. The summed E-state index contributed by atoms with van der Waals surface area (Å²) in [6.07, 6.45) is 5.91. The third kappa shape index (κ3) is 4.72. The summed E-state index contributed by atoms with van der Waals surface area (Å²) in [5, 5.41) is 5.41. The van der Waals surface area contributed by atoms with Crippen molar-refractivity contribution in [2.24, 2.45) is 0 Å². The summed E-state index contributed by atoms with van der Waals surface area (Å²) in [7, 11) is 0. The largest absolute Gasteiger partial charge is 0.338 e. The Morgan fingerprint density at radius 2 is 1.86 bits per heavy atom. The first kappa shape index (κ1) is 14.7. The molecule has 2 aromatic rings. The van der Waals surface area contributed by atoms with Gasteiger partial charge in [0.2, 0.25) is 0 Å². The van der Waals surface area contributed by atoms with E-state index in [1.165, 1.54) is 0 Å². The number of hydrogen-bond acceptors (Lipinski definition) is 3. The number of nitrogens with one attached hydrogen (secondary N) is 2. The molecule has 1 aromatic heterocycles. The van der Waals surface area contributed by atoms with Crippen LogP contribution in [0.4, 0.5) is 4.79 Å². The van der Waals surface area contributed by atoms with E-state index in [1.54, 1.807) is 18.5 Å². The molecule has 2 rings (SSSR count). The summed E-state index contributed by atoms with van der Waals surface area (Å²) in [5.74, 6) is 0.705. The van der Waals surface area contributed by atoms with Crippen LogP contribution in [0.15, 0.2) is 55.4 Å². The van der Waals surface area contributed by atoms with Crippen molar-refractivity contribution in [3.8, 4) is 11.4 Å². The van der Waals surface area contributed by atoms with Gasteiger partial charge in [0, 0.05) is 31.0 Å². The van der Waals surface area contributed by atoms with Gasteiger partial charge in [-0.05, 0) is 12.0 Å². The van der Waals surface area contributed by atoms with Crippen LogP contribution in [0, 0.1) is 0 Å². The molecule has 0 aliphatic carbocycles. The molecule has 108 valence electrons. The molecule has 0 fully saturated rings. The average molecular weight is 282 g/mol. The lowest BCUT2D eigenvalue weighted by molar-refractivity contribution is 0.242. The molecule has 2 N–H and O–H groups in total. The van der Waals surface area contributed by atoms with Gasteiger partial charge in [-0.15, -0.1) is 6.58 Å². The Morgan fingerprint density at radius 1 is 1.14 bits per heavy atom. The van der Waals surface area contributed by atoms with E-state index in [-0.39, 0.29) is 6.03 Å². The van der Waals surface area contributed by atoms with Crippen molar-refractivity contribution in [3.63, 3.8) is 0 Å². The molecule has 0 radical (unpaired) electrons. The van der Waals surface area contributed by atoms with Crippen LogP contribution >= 0.6 is 0 Å². The fraction of sp³-hybridized carbons (Fsp3) is 0.188. The Kier molecular flexibility index (Phi) is 5.46. The minimum atomic E-state index is -0.197. The number of nitrogens with zero attached hydrogens (tertiary/aromatic N) is 2. The molecule has 0 saturated carbocycles. The maximum absolute atomic E-state index is 11.3. The number of amides is 2. The van der Waals surface area contributed by atoms with Gasteiger partial charge < -0.3 is 10.6 Å². The monoisotopic (exact) mass is 282 g/mol. The fourth-order valence-electron chi connectivity index (χ4n) is 1.77. The van der Waals surface area contributed by atoms with Crippen molar-refractivity contribution < 1.29 is 4.79 Å². The van der Waals surface area contributed by atoms with E-state index in [2.05, 4.69) is 27.2 Å². The van der Waals surface area contributed by atoms with Crippen LogP contribution in [-0.4, -0.2) is 29.1 Å². The summed E-state index contributed by atoms with van der Waals surface area (Å²) in [5.41, 5.74) is 1.98. The summed E-state index contributed by atoms with van der Waals surface area (Å²) in [6.45, 7) is 4.53. The molecule has 0 spiro atoms. The zero-order valence-corrected chi connectivity index (χ0v) is 11.7. The number of urea groups is 1. The Balaban J connectivity index is 1.83. The first-order chi connectivity index (χ1) is 10.3. The van der Waals surface area contributed by atoms with E-state index in [0.717, 1.165) is 11.1 Å². The van der Waals surface area contributed by atoms with Crippen LogP contribution in [0.1, 0.15) is 5.56 Å². The van der Waals surface area contributed by atoms with Crippen molar-refractivity contribution in [1.82, 2.24) is 20.6 Å². The molecule has 0 bridgehead atoms. The smallest absolute Gasteiger partial charge is 0.315 e. The number of rotatable bonds is 6. The van der Waals surface area contributed by atoms with Crippen molar-refractivity contribution in [2.75, 3.05) is 13.1 Å². The Morgan fingerprint density at radius 3 is 2.52 bits per heavy atom. The third-order valence-electron chi connectivity index (χ3n) is 2.84. The molecule has 1 aromatic carbocycles. The van der Waals surface area contributed by atoms with Crippen LogP contribution in [0.25, 0.3) is 11.4 Å². The van der Waals surface area contributed by atoms with Crippen LogP contribution in [-0.2, 0) is 6.42 Å². The highest BCUT2D eigenvalue weighted by molar-refractivity contribution is 5.73. The highest BCUT2D eigenvalue weighted by atomic mass is 16.2. The first-order valence-corrected chi connectivity index (χ1v) is 6.78. The second-order valence-corrected chi connectivity index (χ2v) is 4.46. The van der Waals surface area contributed by atoms with Crippen LogP contribution in [0.5, 0.6) is 0 Å². The topological polar surface area (TPSA) is 66.9 Å². The molecular formula is C16H18N4O. The van der Waals surface area contributed by atoms with Gasteiger partial charge in [0.15, 0.2) is 5.82 Å². The average Bonchev–Trinajstić information content (AvgIpc) is 2.54. The third-order valence-corrected chi connectivity index (χ3v) is 2.84. The quantitative estimate of drug-likeness (QED) is 0.798. The van der Waals surface area contributed by atoms with E-state index < -0.39 is 0 Å². The van der Waals surface area contributed by atoms with E-state index in [4.69, 9.17) is 0 Å². The van der Waals surface area contributed by atoms with Gasteiger partial charge in [0.1, 0.15) is 0 Å². The van der Waals surface area contributed by atoms with E-state index in [1.807, 2.05) is 30.3 Å². The Hall–Kier alpha value is -2.69. The maximum Gasteiger partial charge on any atom is 0.315 e. The minimum absolute atomic E-state index is 0.197. The summed E-state index contributed by atoms with van der Waals surface area (Å²) >= 11 is 0. The Labute approximate surface area is 124 Å². The summed E-state index contributed by atoms with van der Waals surface area (Å²) in [4.78, 5) is 20.0.